The number of nitro groups is 1. The van der Waals surface area contributed by atoms with Crippen LogP contribution in [0.3, 0.4) is 0 Å². The molecule has 0 saturated heterocycles. The lowest BCUT2D eigenvalue weighted by Crippen LogP contribution is -2.40. The lowest BCUT2D eigenvalue weighted by Gasteiger charge is -2.20. The molecule has 1 unspecified atom stereocenters. The molecule has 0 aliphatic rings. The van der Waals surface area contributed by atoms with Crippen LogP contribution in [0.4, 0.5) is 5.69 Å². The Kier molecular flexibility index (Phi) is 5.40. The number of nitrogens with one attached hydrogen (secondary N) is 1. The molecule has 0 bridgehead atoms. The second-order valence-electron chi connectivity index (χ2n) is 5.24. The lowest BCUT2D eigenvalue weighted by molar-refractivity contribution is -0.384. The highest BCUT2D eigenvalue weighted by Gasteiger charge is 2.21. The van der Waals surface area contributed by atoms with Gasteiger partial charge in [0, 0.05) is 23.7 Å². The summed E-state index contributed by atoms with van der Waals surface area (Å²) >= 11 is 0. The van der Waals surface area contributed by atoms with E-state index in [0.717, 1.165) is 0 Å². The Morgan fingerprint density at radius 1 is 1.33 bits per heavy atom. The van der Waals surface area contributed by atoms with E-state index in [1.54, 1.807) is 20.8 Å². The van der Waals surface area contributed by atoms with Gasteiger partial charge in [-0.05, 0) is 24.5 Å². The van der Waals surface area contributed by atoms with Crippen molar-refractivity contribution in [1.82, 2.24) is 5.32 Å². The maximum atomic E-state index is 12.1. The number of benzene rings is 1. The van der Waals surface area contributed by atoms with Crippen molar-refractivity contribution in [1.29, 1.82) is 0 Å². The van der Waals surface area contributed by atoms with E-state index in [9.17, 15) is 19.7 Å². The minimum Gasteiger partial charge on any atom is -0.481 e. The van der Waals surface area contributed by atoms with Crippen molar-refractivity contribution in [2.24, 2.45) is 5.92 Å². The molecule has 0 saturated carbocycles. The van der Waals surface area contributed by atoms with Gasteiger partial charge in [0.1, 0.15) is 0 Å². The van der Waals surface area contributed by atoms with Gasteiger partial charge in [-0.25, -0.2) is 0 Å². The first-order valence-electron chi connectivity index (χ1n) is 6.49. The Morgan fingerprint density at radius 3 is 2.43 bits per heavy atom. The Bertz CT molecular complexity index is 568. The van der Waals surface area contributed by atoms with Crippen molar-refractivity contribution >= 4 is 17.6 Å². The van der Waals surface area contributed by atoms with E-state index in [-0.39, 0.29) is 23.6 Å². The van der Waals surface area contributed by atoms with Gasteiger partial charge in [0.25, 0.3) is 11.6 Å². The number of hydrogen-bond acceptors (Lipinski definition) is 4. The first-order chi connectivity index (χ1) is 9.70. The Hall–Kier alpha value is -2.44. The van der Waals surface area contributed by atoms with Crippen molar-refractivity contribution in [3.8, 4) is 0 Å². The van der Waals surface area contributed by atoms with Crippen LogP contribution in [-0.4, -0.2) is 27.9 Å². The zero-order valence-corrected chi connectivity index (χ0v) is 12.1. The molecular weight excluding hydrogens is 276 g/mol. The SMILES string of the molecule is Cc1cc(C(=O)NC(CC(=O)O)C(C)C)cc([N+](=O)[O-])c1. The molecule has 2 N–H and O–H groups in total. The van der Waals surface area contributed by atoms with Crippen LogP contribution in [0.1, 0.15) is 36.2 Å². The van der Waals surface area contributed by atoms with E-state index >= 15 is 0 Å². The smallest absolute Gasteiger partial charge is 0.305 e. The Labute approximate surface area is 122 Å². The predicted molar refractivity (Wildman–Crippen MR) is 76.2 cm³/mol. The average Bonchev–Trinajstić information content (AvgIpc) is 2.36. The summed E-state index contributed by atoms with van der Waals surface area (Å²) in [5, 5.41) is 22.3. The van der Waals surface area contributed by atoms with E-state index < -0.39 is 22.8 Å². The first-order valence-corrected chi connectivity index (χ1v) is 6.49. The summed E-state index contributed by atoms with van der Waals surface area (Å²) in [5.74, 6) is -1.59. The highest BCUT2D eigenvalue weighted by molar-refractivity contribution is 5.95. The third-order valence-corrected chi connectivity index (χ3v) is 3.05. The topological polar surface area (TPSA) is 110 Å². The van der Waals surface area contributed by atoms with Crippen LogP contribution in [0.5, 0.6) is 0 Å². The number of carboxylic acids is 1. The van der Waals surface area contributed by atoms with E-state index in [2.05, 4.69) is 5.32 Å². The summed E-state index contributed by atoms with van der Waals surface area (Å²) in [6.45, 7) is 5.25. The highest BCUT2D eigenvalue weighted by atomic mass is 16.6. The standard InChI is InChI=1S/C14H18N2O5/c1-8(2)12(7-13(17)18)15-14(19)10-4-9(3)5-11(6-10)16(20)21/h4-6,8,12H,7H2,1-3H3,(H,15,19)(H,17,18). The Morgan fingerprint density at radius 2 is 1.95 bits per heavy atom. The van der Waals surface area contributed by atoms with Crippen molar-refractivity contribution in [2.75, 3.05) is 0 Å². The molecule has 0 fully saturated rings. The fourth-order valence-corrected chi connectivity index (χ4v) is 1.89. The predicted octanol–water partition coefficient (Wildman–Crippen LogP) is 2.13. The molecular formula is C14H18N2O5. The molecule has 21 heavy (non-hydrogen) atoms. The molecule has 0 aliphatic heterocycles. The number of carbonyl (C=O) groups excluding carboxylic acids is 1. The molecule has 0 spiro atoms. The third-order valence-electron chi connectivity index (χ3n) is 3.05. The number of aryl methyl sites for hydroxylation is 1. The van der Waals surface area contributed by atoms with Gasteiger partial charge in [-0.2, -0.15) is 0 Å². The second kappa shape index (κ2) is 6.83. The second-order valence-corrected chi connectivity index (χ2v) is 5.24. The van der Waals surface area contributed by atoms with E-state index in [4.69, 9.17) is 5.11 Å². The van der Waals surface area contributed by atoms with Crippen molar-refractivity contribution in [3.63, 3.8) is 0 Å². The largest absolute Gasteiger partial charge is 0.481 e. The van der Waals surface area contributed by atoms with Gasteiger partial charge in [-0.3, -0.25) is 19.7 Å². The number of non-ortho nitro benzene ring substituents is 1. The van der Waals surface area contributed by atoms with Gasteiger partial charge in [0.15, 0.2) is 0 Å². The first kappa shape index (κ1) is 16.6. The van der Waals surface area contributed by atoms with Gasteiger partial charge in [-0.15, -0.1) is 0 Å². The summed E-state index contributed by atoms with van der Waals surface area (Å²) in [6.07, 6.45) is -0.197. The normalized spacial score (nSPS) is 12.0. The number of hydrogen-bond donors (Lipinski definition) is 2. The molecule has 1 aromatic rings. The molecule has 0 radical (unpaired) electrons. The monoisotopic (exact) mass is 294 g/mol. The van der Waals surface area contributed by atoms with Crippen molar-refractivity contribution in [2.45, 2.75) is 33.2 Å². The van der Waals surface area contributed by atoms with Crippen LogP contribution in [0.15, 0.2) is 18.2 Å². The number of rotatable bonds is 6. The van der Waals surface area contributed by atoms with E-state index in [0.29, 0.717) is 5.56 Å². The zero-order valence-electron chi connectivity index (χ0n) is 12.1. The van der Waals surface area contributed by atoms with Crippen LogP contribution in [0.25, 0.3) is 0 Å². The molecule has 1 atom stereocenters. The molecule has 1 amide bonds. The molecule has 7 nitrogen and oxygen atoms in total. The van der Waals surface area contributed by atoms with Gasteiger partial charge >= 0.3 is 5.97 Å². The minimum atomic E-state index is -1.01. The number of amides is 1. The number of carboxylic acid groups (broad SMARTS) is 1. The molecule has 1 aromatic carbocycles. The zero-order chi connectivity index (χ0) is 16.2. The summed E-state index contributed by atoms with van der Waals surface area (Å²) in [6, 6.07) is 3.55. The van der Waals surface area contributed by atoms with Crippen LogP contribution in [0, 0.1) is 23.0 Å². The lowest BCUT2D eigenvalue weighted by atomic mass is 10.00. The Balaban J connectivity index is 2.97. The average molecular weight is 294 g/mol. The minimum absolute atomic E-state index is 0.0650. The van der Waals surface area contributed by atoms with Gasteiger partial charge in [0.2, 0.25) is 0 Å². The number of nitrogens with zero attached hydrogens (tertiary/aromatic N) is 1. The molecule has 0 aliphatic carbocycles. The maximum Gasteiger partial charge on any atom is 0.305 e. The fraction of sp³-hybridized carbons (Fsp3) is 0.429. The summed E-state index contributed by atoms with van der Waals surface area (Å²) in [4.78, 5) is 33.2. The van der Waals surface area contributed by atoms with E-state index in [1.807, 2.05) is 0 Å². The fourth-order valence-electron chi connectivity index (χ4n) is 1.89. The van der Waals surface area contributed by atoms with Crippen molar-refractivity contribution < 1.29 is 19.6 Å². The number of aliphatic carboxylic acids is 1. The van der Waals surface area contributed by atoms with E-state index in [1.165, 1.54) is 18.2 Å². The van der Waals surface area contributed by atoms with Crippen LogP contribution < -0.4 is 5.32 Å². The van der Waals surface area contributed by atoms with Crippen LogP contribution in [-0.2, 0) is 4.79 Å². The highest BCUT2D eigenvalue weighted by Crippen LogP contribution is 2.17. The third kappa shape index (κ3) is 4.87. The summed E-state index contributed by atoms with van der Waals surface area (Å²) in [7, 11) is 0. The molecule has 114 valence electrons. The molecule has 7 heteroatoms. The molecule has 1 rings (SSSR count). The van der Waals surface area contributed by atoms with Gasteiger partial charge < -0.3 is 10.4 Å². The van der Waals surface area contributed by atoms with Gasteiger partial charge in [0.05, 0.1) is 11.3 Å². The van der Waals surface area contributed by atoms with Crippen LogP contribution in [0.2, 0.25) is 0 Å². The number of nitro benzene ring substituents is 1. The summed E-state index contributed by atoms with van der Waals surface area (Å²) in [5.41, 5.74) is 0.575. The van der Waals surface area contributed by atoms with Crippen LogP contribution >= 0.6 is 0 Å². The maximum absolute atomic E-state index is 12.1. The summed E-state index contributed by atoms with van der Waals surface area (Å²) < 4.78 is 0. The number of carbonyl (C=O) groups is 2. The molecule has 0 aromatic heterocycles. The molecule has 0 heterocycles. The van der Waals surface area contributed by atoms with Gasteiger partial charge in [-0.1, -0.05) is 13.8 Å². The van der Waals surface area contributed by atoms with Crippen molar-refractivity contribution in [3.05, 3.63) is 39.4 Å². The quantitative estimate of drug-likeness (QED) is 0.617.